The van der Waals surface area contributed by atoms with Crippen molar-refractivity contribution in [3.8, 4) is 0 Å². The second-order valence-corrected chi connectivity index (χ2v) is 4.83. The van der Waals surface area contributed by atoms with Gasteiger partial charge in [0.15, 0.2) is 11.2 Å². The van der Waals surface area contributed by atoms with E-state index in [1.54, 1.807) is 0 Å². The lowest BCUT2D eigenvalue weighted by Crippen LogP contribution is -1.87. The molecular weight excluding hydrogens is 252 g/mol. The summed E-state index contributed by atoms with van der Waals surface area (Å²) in [5.41, 5.74) is 4.47. The summed E-state index contributed by atoms with van der Waals surface area (Å²) < 4.78 is 11.4. The minimum atomic E-state index is 0.461. The molecule has 0 saturated heterocycles. The minimum absolute atomic E-state index is 0.461. The minimum Gasteiger partial charge on any atom is -0.440 e. The van der Waals surface area contributed by atoms with E-state index in [0.717, 1.165) is 22.2 Å². The number of oxazole rings is 2. The molecule has 0 N–H and O–H groups in total. The lowest BCUT2D eigenvalue weighted by molar-refractivity contribution is 0.488. The number of aryl methyl sites for hydroxylation is 1. The second-order valence-electron chi connectivity index (χ2n) is 4.83. The summed E-state index contributed by atoms with van der Waals surface area (Å²) in [7, 11) is 0. The van der Waals surface area contributed by atoms with Gasteiger partial charge in [-0.25, -0.2) is 9.97 Å². The third-order valence-corrected chi connectivity index (χ3v) is 3.23. The van der Waals surface area contributed by atoms with E-state index in [9.17, 15) is 0 Å². The molecule has 0 bridgehead atoms. The third-order valence-electron chi connectivity index (χ3n) is 3.23. The van der Waals surface area contributed by atoms with Gasteiger partial charge < -0.3 is 8.83 Å². The molecule has 20 heavy (non-hydrogen) atoms. The normalized spacial score (nSPS) is 11.4. The van der Waals surface area contributed by atoms with E-state index in [4.69, 9.17) is 8.83 Å². The van der Waals surface area contributed by atoms with Crippen LogP contribution in [0.5, 0.6) is 0 Å². The predicted molar refractivity (Wildman–Crippen MR) is 75.6 cm³/mol. The van der Waals surface area contributed by atoms with Gasteiger partial charge in [0, 0.05) is 0 Å². The van der Waals surface area contributed by atoms with Crippen molar-refractivity contribution in [3.63, 3.8) is 0 Å². The van der Waals surface area contributed by atoms with E-state index in [1.807, 2.05) is 49.4 Å². The summed E-state index contributed by atoms with van der Waals surface area (Å²) >= 11 is 0. The second kappa shape index (κ2) is 4.20. The van der Waals surface area contributed by atoms with Crippen LogP contribution in [0.4, 0.5) is 0 Å². The molecule has 0 aliphatic carbocycles. The fourth-order valence-electron chi connectivity index (χ4n) is 2.29. The number of fused-ring (bicyclic) bond motifs is 2. The van der Waals surface area contributed by atoms with Gasteiger partial charge in [-0.1, -0.05) is 18.2 Å². The van der Waals surface area contributed by atoms with E-state index < -0.39 is 0 Å². The molecule has 0 spiro atoms. The number of aromatic nitrogens is 2. The first-order valence-corrected chi connectivity index (χ1v) is 6.48. The molecular formula is C16H12N2O2. The Morgan fingerprint density at radius 2 is 1.55 bits per heavy atom. The Kier molecular flexibility index (Phi) is 2.36. The first-order chi connectivity index (χ1) is 9.78. The van der Waals surface area contributed by atoms with Crippen LogP contribution in [-0.2, 0) is 6.42 Å². The zero-order valence-electron chi connectivity index (χ0n) is 11.0. The first-order valence-electron chi connectivity index (χ1n) is 6.48. The van der Waals surface area contributed by atoms with Gasteiger partial charge in [-0.2, -0.15) is 0 Å². The third kappa shape index (κ3) is 1.86. The van der Waals surface area contributed by atoms with Gasteiger partial charge in [-0.15, -0.1) is 0 Å². The van der Waals surface area contributed by atoms with Crippen LogP contribution in [0.15, 0.2) is 51.3 Å². The SMILES string of the molecule is Cc1ccc2oc(Cc3nc4ccccc4o3)nc2c1. The molecule has 98 valence electrons. The van der Waals surface area contributed by atoms with E-state index in [-0.39, 0.29) is 0 Å². The van der Waals surface area contributed by atoms with Crippen molar-refractivity contribution in [1.82, 2.24) is 9.97 Å². The predicted octanol–water partition coefficient (Wildman–Crippen LogP) is 3.87. The molecule has 0 atom stereocenters. The molecule has 0 unspecified atom stereocenters. The standard InChI is InChI=1S/C16H12N2O2/c1-10-6-7-14-12(8-10)18-16(20-14)9-15-17-11-4-2-3-5-13(11)19-15/h2-8H,9H2,1H3. The van der Waals surface area contributed by atoms with Crippen LogP contribution in [-0.4, -0.2) is 9.97 Å². The topological polar surface area (TPSA) is 52.1 Å². The quantitative estimate of drug-likeness (QED) is 0.551. The Morgan fingerprint density at radius 3 is 2.35 bits per heavy atom. The van der Waals surface area contributed by atoms with Crippen LogP contribution in [0.2, 0.25) is 0 Å². The Bertz CT molecular complexity index is 872. The van der Waals surface area contributed by atoms with Crippen LogP contribution in [0.25, 0.3) is 22.2 Å². The van der Waals surface area contributed by atoms with Crippen molar-refractivity contribution in [2.45, 2.75) is 13.3 Å². The Hall–Kier alpha value is -2.62. The number of hydrogen-bond acceptors (Lipinski definition) is 4. The average Bonchev–Trinajstić information content (AvgIpc) is 3.00. The van der Waals surface area contributed by atoms with Crippen LogP contribution in [0, 0.1) is 6.92 Å². The van der Waals surface area contributed by atoms with Crippen molar-refractivity contribution in [3.05, 3.63) is 59.8 Å². The molecule has 2 aromatic heterocycles. The van der Waals surface area contributed by atoms with Gasteiger partial charge in [0.05, 0.1) is 0 Å². The molecule has 4 nitrogen and oxygen atoms in total. The van der Waals surface area contributed by atoms with Crippen molar-refractivity contribution in [2.75, 3.05) is 0 Å². The molecule has 4 heteroatoms. The van der Waals surface area contributed by atoms with Gasteiger partial charge in [-0.05, 0) is 36.8 Å². The number of benzene rings is 2. The van der Waals surface area contributed by atoms with Crippen molar-refractivity contribution < 1.29 is 8.83 Å². The van der Waals surface area contributed by atoms with Crippen LogP contribution >= 0.6 is 0 Å². The van der Waals surface area contributed by atoms with Gasteiger partial charge in [-0.3, -0.25) is 0 Å². The molecule has 2 heterocycles. The summed E-state index contributed by atoms with van der Waals surface area (Å²) in [6, 6.07) is 13.7. The van der Waals surface area contributed by atoms with Crippen molar-refractivity contribution in [2.24, 2.45) is 0 Å². The summed E-state index contributed by atoms with van der Waals surface area (Å²) in [5, 5.41) is 0. The first kappa shape index (κ1) is 11.2. The number of rotatable bonds is 2. The van der Waals surface area contributed by atoms with E-state index in [0.29, 0.717) is 18.2 Å². The van der Waals surface area contributed by atoms with Crippen LogP contribution in [0.3, 0.4) is 0 Å². The molecule has 0 aliphatic heterocycles. The maximum atomic E-state index is 5.71. The highest BCUT2D eigenvalue weighted by molar-refractivity contribution is 5.74. The summed E-state index contributed by atoms with van der Waals surface area (Å²) in [6.07, 6.45) is 0.461. The molecule has 0 fully saturated rings. The maximum Gasteiger partial charge on any atom is 0.204 e. The highest BCUT2D eigenvalue weighted by Crippen LogP contribution is 2.21. The van der Waals surface area contributed by atoms with Crippen LogP contribution in [0.1, 0.15) is 17.3 Å². The van der Waals surface area contributed by atoms with Gasteiger partial charge in [0.25, 0.3) is 0 Å². The largest absolute Gasteiger partial charge is 0.440 e. The summed E-state index contributed by atoms with van der Waals surface area (Å²) in [4.78, 5) is 8.90. The van der Waals surface area contributed by atoms with E-state index in [2.05, 4.69) is 9.97 Å². The number of nitrogens with zero attached hydrogens (tertiary/aromatic N) is 2. The molecule has 2 aromatic carbocycles. The molecule has 4 aromatic rings. The van der Waals surface area contributed by atoms with Crippen molar-refractivity contribution >= 4 is 22.2 Å². The van der Waals surface area contributed by atoms with Crippen molar-refractivity contribution in [1.29, 1.82) is 0 Å². The molecule has 0 radical (unpaired) electrons. The summed E-state index contributed by atoms with van der Waals surface area (Å²) in [6.45, 7) is 2.04. The molecule has 0 saturated carbocycles. The Labute approximate surface area is 115 Å². The number of para-hydroxylation sites is 2. The van der Waals surface area contributed by atoms with Gasteiger partial charge in [0.2, 0.25) is 11.8 Å². The Morgan fingerprint density at radius 1 is 0.850 bits per heavy atom. The molecule has 0 aliphatic rings. The highest BCUT2D eigenvalue weighted by Gasteiger charge is 2.11. The zero-order chi connectivity index (χ0) is 13.5. The lowest BCUT2D eigenvalue weighted by atomic mass is 10.2. The Balaban J connectivity index is 1.72. The number of hydrogen-bond donors (Lipinski definition) is 0. The highest BCUT2D eigenvalue weighted by atomic mass is 16.4. The lowest BCUT2D eigenvalue weighted by Gasteiger charge is -1.88. The van der Waals surface area contributed by atoms with Gasteiger partial charge >= 0.3 is 0 Å². The smallest absolute Gasteiger partial charge is 0.204 e. The monoisotopic (exact) mass is 264 g/mol. The molecule has 0 amide bonds. The average molecular weight is 264 g/mol. The molecule has 4 rings (SSSR count). The zero-order valence-corrected chi connectivity index (χ0v) is 11.0. The fraction of sp³-hybridized carbons (Fsp3) is 0.125. The van der Waals surface area contributed by atoms with Crippen LogP contribution < -0.4 is 0 Å². The van der Waals surface area contributed by atoms with Gasteiger partial charge in [0.1, 0.15) is 17.5 Å². The van der Waals surface area contributed by atoms with E-state index in [1.165, 1.54) is 5.56 Å². The summed E-state index contributed by atoms with van der Waals surface area (Å²) in [5.74, 6) is 1.24. The van der Waals surface area contributed by atoms with E-state index >= 15 is 0 Å². The fourth-order valence-corrected chi connectivity index (χ4v) is 2.29. The maximum absolute atomic E-state index is 5.71.